The molecular formula is C12H22N2. The van der Waals surface area contributed by atoms with E-state index < -0.39 is 0 Å². The summed E-state index contributed by atoms with van der Waals surface area (Å²) in [5, 5.41) is 0. The molecule has 3 saturated carbocycles. The molecule has 3 aliphatic rings. The third-order valence-electron chi connectivity index (χ3n) is 5.10. The van der Waals surface area contributed by atoms with Crippen molar-refractivity contribution in [3.63, 3.8) is 0 Å². The second-order valence-corrected chi connectivity index (χ2v) is 5.72. The molecule has 4 unspecified atom stereocenters. The van der Waals surface area contributed by atoms with Crippen LogP contribution in [-0.4, -0.2) is 6.04 Å². The summed E-state index contributed by atoms with van der Waals surface area (Å²) in [6.45, 7) is 0. The van der Waals surface area contributed by atoms with Crippen LogP contribution in [0.2, 0.25) is 0 Å². The van der Waals surface area contributed by atoms with Crippen LogP contribution in [0.1, 0.15) is 44.9 Å². The molecule has 2 bridgehead atoms. The van der Waals surface area contributed by atoms with Gasteiger partial charge in [0.25, 0.3) is 0 Å². The molecular weight excluding hydrogens is 172 g/mol. The molecule has 0 heterocycles. The lowest BCUT2D eigenvalue weighted by Gasteiger charge is -2.40. The lowest BCUT2D eigenvalue weighted by Crippen LogP contribution is -2.49. The molecule has 2 nitrogen and oxygen atoms in total. The average Bonchev–Trinajstić information content (AvgIpc) is 2.71. The molecule has 0 aromatic rings. The second-order valence-electron chi connectivity index (χ2n) is 5.72. The smallest absolute Gasteiger partial charge is 0.0269 e. The maximum Gasteiger partial charge on any atom is 0.0269 e. The minimum atomic E-state index is 0.652. The molecule has 3 fully saturated rings. The molecule has 0 spiro atoms. The van der Waals surface area contributed by atoms with Gasteiger partial charge < -0.3 is 0 Å². The first kappa shape index (κ1) is 9.17. The Morgan fingerprint density at radius 1 is 1.07 bits per heavy atom. The van der Waals surface area contributed by atoms with Crippen molar-refractivity contribution in [3.05, 3.63) is 0 Å². The molecule has 14 heavy (non-hydrogen) atoms. The summed E-state index contributed by atoms with van der Waals surface area (Å²) in [7, 11) is 0. The van der Waals surface area contributed by atoms with Crippen LogP contribution < -0.4 is 11.3 Å². The number of nitrogens with two attached hydrogens (primary N) is 1. The van der Waals surface area contributed by atoms with E-state index in [1.165, 1.54) is 44.9 Å². The van der Waals surface area contributed by atoms with Crippen molar-refractivity contribution in [1.29, 1.82) is 0 Å². The van der Waals surface area contributed by atoms with Gasteiger partial charge in [-0.1, -0.05) is 12.8 Å². The zero-order valence-corrected chi connectivity index (χ0v) is 8.91. The van der Waals surface area contributed by atoms with Crippen LogP contribution in [0.25, 0.3) is 0 Å². The normalized spacial score (nSPS) is 43.9. The van der Waals surface area contributed by atoms with Gasteiger partial charge in [0, 0.05) is 6.04 Å². The first-order valence-corrected chi connectivity index (χ1v) is 6.34. The summed E-state index contributed by atoms with van der Waals surface area (Å²) in [4.78, 5) is 0. The van der Waals surface area contributed by atoms with E-state index in [0.29, 0.717) is 6.04 Å². The summed E-state index contributed by atoms with van der Waals surface area (Å²) in [5.41, 5.74) is 3.13. The fourth-order valence-corrected chi connectivity index (χ4v) is 4.14. The molecule has 0 amide bonds. The standard InChI is InChI=1S/C12H22N2/c13-14-12(9-2-1-3-9)11-7-8-4-5-10(11)6-8/h8-12,14H,1-7,13H2. The van der Waals surface area contributed by atoms with Gasteiger partial charge in [0.2, 0.25) is 0 Å². The quantitative estimate of drug-likeness (QED) is 0.533. The molecule has 3 rings (SSSR count). The maximum absolute atomic E-state index is 5.74. The molecule has 0 aromatic heterocycles. The summed E-state index contributed by atoms with van der Waals surface area (Å²) in [6, 6.07) is 0.652. The Bertz CT molecular complexity index is 212. The van der Waals surface area contributed by atoms with Crippen molar-refractivity contribution in [2.45, 2.75) is 51.0 Å². The first-order valence-electron chi connectivity index (χ1n) is 6.34. The highest BCUT2D eigenvalue weighted by Gasteiger charge is 2.45. The number of rotatable bonds is 3. The molecule has 0 aliphatic heterocycles. The predicted octanol–water partition coefficient (Wildman–Crippen LogP) is 2.05. The SMILES string of the molecule is NNC(C1CCC1)C1CC2CCC1C2. The van der Waals surface area contributed by atoms with Crippen molar-refractivity contribution < 1.29 is 0 Å². The van der Waals surface area contributed by atoms with Crippen LogP contribution in [0.4, 0.5) is 0 Å². The summed E-state index contributed by atoms with van der Waals surface area (Å²) in [5.74, 6) is 9.64. The summed E-state index contributed by atoms with van der Waals surface area (Å²) < 4.78 is 0. The third-order valence-corrected chi connectivity index (χ3v) is 5.10. The lowest BCUT2D eigenvalue weighted by molar-refractivity contribution is 0.136. The van der Waals surface area contributed by atoms with Crippen molar-refractivity contribution >= 4 is 0 Å². The van der Waals surface area contributed by atoms with Crippen LogP contribution in [0.5, 0.6) is 0 Å². The predicted molar refractivity (Wildman–Crippen MR) is 57.4 cm³/mol. The molecule has 3 N–H and O–H groups in total. The number of hydrazine groups is 1. The van der Waals surface area contributed by atoms with Crippen molar-refractivity contribution in [3.8, 4) is 0 Å². The van der Waals surface area contributed by atoms with E-state index in [4.69, 9.17) is 5.84 Å². The van der Waals surface area contributed by atoms with Gasteiger partial charge in [-0.05, 0) is 55.8 Å². The van der Waals surface area contributed by atoms with E-state index in [9.17, 15) is 0 Å². The Morgan fingerprint density at radius 3 is 2.36 bits per heavy atom. The molecule has 4 atom stereocenters. The number of hydrogen-bond donors (Lipinski definition) is 2. The van der Waals surface area contributed by atoms with Gasteiger partial charge in [-0.3, -0.25) is 11.3 Å². The topological polar surface area (TPSA) is 38.0 Å². The van der Waals surface area contributed by atoms with Gasteiger partial charge in [-0.2, -0.15) is 0 Å². The van der Waals surface area contributed by atoms with Crippen molar-refractivity contribution in [1.82, 2.24) is 5.43 Å². The highest BCUT2D eigenvalue weighted by molar-refractivity contribution is 4.98. The Balaban J connectivity index is 1.67. The van der Waals surface area contributed by atoms with E-state index in [-0.39, 0.29) is 0 Å². The minimum absolute atomic E-state index is 0.652. The van der Waals surface area contributed by atoms with Crippen molar-refractivity contribution in [2.24, 2.45) is 29.5 Å². The van der Waals surface area contributed by atoms with Gasteiger partial charge in [-0.15, -0.1) is 0 Å². The van der Waals surface area contributed by atoms with E-state index in [0.717, 1.165) is 23.7 Å². The molecule has 0 radical (unpaired) electrons. The van der Waals surface area contributed by atoms with Gasteiger partial charge >= 0.3 is 0 Å². The lowest BCUT2D eigenvalue weighted by atomic mass is 9.71. The summed E-state index contributed by atoms with van der Waals surface area (Å²) >= 11 is 0. The Morgan fingerprint density at radius 2 is 1.93 bits per heavy atom. The van der Waals surface area contributed by atoms with Crippen LogP contribution >= 0.6 is 0 Å². The third kappa shape index (κ3) is 1.31. The summed E-state index contributed by atoms with van der Waals surface area (Å²) in [6.07, 6.45) is 10.2. The van der Waals surface area contributed by atoms with E-state index in [2.05, 4.69) is 5.43 Å². The molecule has 0 saturated heterocycles. The van der Waals surface area contributed by atoms with E-state index >= 15 is 0 Å². The average molecular weight is 194 g/mol. The van der Waals surface area contributed by atoms with E-state index in [1.54, 1.807) is 0 Å². The van der Waals surface area contributed by atoms with E-state index in [1.807, 2.05) is 0 Å². The zero-order valence-electron chi connectivity index (χ0n) is 8.91. The van der Waals surface area contributed by atoms with Gasteiger partial charge in [0.1, 0.15) is 0 Å². The second kappa shape index (κ2) is 3.49. The Hall–Kier alpha value is -0.0800. The largest absolute Gasteiger partial charge is 0.271 e. The van der Waals surface area contributed by atoms with Crippen LogP contribution in [0.3, 0.4) is 0 Å². The van der Waals surface area contributed by atoms with Crippen LogP contribution in [-0.2, 0) is 0 Å². The molecule has 80 valence electrons. The zero-order chi connectivity index (χ0) is 9.54. The van der Waals surface area contributed by atoms with Crippen LogP contribution in [0, 0.1) is 23.7 Å². The minimum Gasteiger partial charge on any atom is -0.271 e. The number of fused-ring (bicyclic) bond motifs is 2. The highest BCUT2D eigenvalue weighted by Crippen LogP contribution is 2.51. The van der Waals surface area contributed by atoms with Gasteiger partial charge in [0.15, 0.2) is 0 Å². The maximum atomic E-state index is 5.74. The van der Waals surface area contributed by atoms with Gasteiger partial charge in [0.05, 0.1) is 0 Å². The Kier molecular flexibility index (Phi) is 2.29. The molecule has 2 heteroatoms. The monoisotopic (exact) mass is 194 g/mol. The molecule has 3 aliphatic carbocycles. The molecule has 0 aromatic carbocycles. The number of hydrogen-bond acceptors (Lipinski definition) is 2. The highest BCUT2D eigenvalue weighted by atomic mass is 15.2. The Labute approximate surface area is 86.6 Å². The van der Waals surface area contributed by atoms with Crippen LogP contribution in [0.15, 0.2) is 0 Å². The fourth-order valence-electron chi connectivity index (χ4n) is 4.14. The van der Waals surface area contributed by atoms with Crippen molar-refractivity contribution in [2.75, 3.05) is 0 Å². The first-order chi connectivity index (χ1) is 6.88. The van der Waals surface area contributed by atoms with Gasteiger partial charge in [-0.25, -0.2) is 0 Å². The fraction of sp³-hybridized carbons (Fsp3) is 1.00. The number of nitrogens with one attached hydrogen (secondary N) is 1.